The largest absolute Gasteiger partial charge is 0.342 e. The number of carbonyl (C=O) groups is 1. The molecule has 3 heteroatoms. The van der Waals surface area contributed by atoms with Crippen LogP contribution >= 0.6 is 0 Å². The van der Waals surface area contributed by atoms with Crippen molar-refractivity contribution in [2.75, 3.05) is 19.6 Å². The number of likely N-dealkylation sites (tertiary alicyclic amines) is 1. The van der Waals surface area contributed by atoms with E-state index in [0.29, 0.717) is 12.5 Å². The van der Waals surface area contributed by atoms with Gasteiger partial charge in [-0.1, -0.05) is 19.8 Å². The van der Waals surface area contributed by atoms with Gasteiger partial charge < -0.3 is 10.6 Å². The number of nitrogens with two attached hydrogens (primary N) is 1. The molecule has 0 radical (unpaired) electrons. The van der Waals surface area contributed by atoms with Gasteiger partial charge in [-0.3, -0.25) is 4.79 Å². The van der Waals surface area contributed by atoms with Gasteiger partial charge in [-0.25, -0.2) is 0 Å². The van der Waals surface area contributed by atoms with Crippen molar-refractivity contribution in [1.82, 2.24) is 4.90 Å². The van der Waals surface area contributed by atoms with Crippen molar-refractivity contribution in [2.24, 2.45) is 17.1 Å². The molecule has 1 aliphatic heterocycles. The number of amides is 1. The third-order valence-corrected chi connectivity index (χ3v) is 3.87. The van der Waals surface area contributed by atoms with Gasteiger partial charge in [0.1, 0.15) is 0 Å². The number of hydrogen-bond donors (Lipinski definition) is 1. The van der Waals surface area contributed by atoms with Crippen LogP contribution in [0.25, 0.3) is 0 Å². The van der Waals surface area contributed by atoms with E-state index >= 15 is 0 Å². The minimum absolute atomic E-state index is 0.176. The zero-order valence-electron chi connectivity index (χ0n) is 9.67. The first-order valence-corrected chi connectivity index (χ1v) is 6.11. The Hall–Kier alpha value is -0.570. The Kier molecular flexibility index (Phi) is 3.01. The molecule has 1 heterocycles. The number of carbonyl (C=O) groups excluding carboxylic acids is 1. The van der Waals surface area contributed by atoms with Crippen molar-refractivity contribution in [3.05, 3.63) is 0 Å². The second kappa shape index (κ2) is 4.12. The van der Waals surface area contributed by atoms with Gasteiger partial charge >= 0.3 is 0 Å². The summed E-state index contributed by atoms with van der Waals surface area (Å²) in [6.07, 6.45) is 5.61. The molecular formula is C12H22N2O. The zero-order valence-corrected chi connectivity index (χ0v) is 9.67. The van der Waals surface area contributed by atoms with Crippen molar-refractivity contribution >= 4 is 5.91 Å². The van der Waals surface area contributed by atoms with Gasteiger partial charge in [-0.05, 0) is 30.7 Å². The number of hydrogen-bond acceptors (Lipinski definition) is 2. The van der Waals surface area contributed by atoms with Gasteiger partial charge in [0.2, 0.25) is 5.91 Å². The lowest BCUT2D eigenvalue weighted by molar-refractivity contribution is -0.130. The van der Waals surface area contributed by atoms with Crippen molar-refractivity contribution in [3.63, 3.8) is 0 Å². The minimum atomic E-state index is 0.176. The Labute approximate surface area is 92.0 Å². The van der Waals surface area contributed by atoms with Crippen LogP contribution in [0.2, 0.25) is 0 Å². The monoisotopic (exact) mass is 210 g/mol. The van der Waals surface area contributed by atoms with E-state index in [-0.39, 0.29) is 5.41 Å². The fourth-order valence-electron chi connectivity index (χ4n) is 2.30. The molecule has 1 atom stereocenters. The van der Waals surface area contributed by atoms with Crippen molar-refractivity contribution < 1.29 is 4.79 Å². The van der Waals surface area contributed by atoms with Crippen molar-refractivity contribution in [3.8, 4) is 0 Å². The summed E-state index contributed by atoms with van der Waals surface area (Å²) in [5.41, 5.74) is 5.90. The summed E-state index contributed by atoms with van der Waals surface area (Å²) in [4.78, 5) is 13.9. The molecule has 86 valence electrons. The van der Waals surface area contributed by atoms with E-state index in [1.165, 1.54) is 12.8 Å². The summed E-state index contributed by atoms with van der Waals surface area (Å²) in [5, 5.41) is 0. The summed E-state index contributed by atoms with van der Waals surface area (Å²) in [6, 6.07) is 0. The summed E-state index contributed by atoms with van der Waals surface area (Å²) in [6.45, 7) is 4.66. The van der Waals surface area contributed by atoms with Crippen LogP contribution in [-0.2, 0) is 4.79 Å². The first-order chi connectivity index (χ1) is 7.13. The van der Waals surface area contributed by atoms with E-state index in [2.05, 4.69) is 6.92 Å². The normalized spacial score (nSPS) is 30.9. The molecular weight excluding hydrogens is 188 g/mol. The fourth-order valence-corrected chi connectivity index (χ4v) is 2.30. The quantitative estimate of drug-likeness (QED) is 0.762. The maximum atomic E-state index is 11.9. The highest BCUT2D eigenvalue weighted by Gasteiger charge is 2.35. The van der Waals surface area contributed by atoms with E-state index in [9.17, 15) is 4.79 Å². The highest BCUT2D eigenvalue weighted by atomic mass is 16.2. The Morgan fingerprint density at radius 1 is 1.53 bits per heavy atom. The Morgan fingerprint density at radius 3 is 2.80 bits per heavy atom. The first-order valence-electron chi connectivity index (χ1n) is 6.11. The maximum absolute atomic E-state index is 11.9. The van der Waals surface area contributed by atoms with E-state index in [0.717, 1.165) is 38.3 Å². The average molecular weight is 210 g/mol. The van der Waals surface area contributed by atoms with Gasteiger partial charge in [0.25, 0.3) is 0 Å². The smallest absolute Gasteiger partial charge is 0.222 e. The molecule has 0 aromatic rings. The SMILES string of the molecule is CC1(CN)CCN(C(=O)CCC2CC2)C1. The van der Waals surface area contributed by atoms with E-state index in [1.54, 1.807) is 0 Å². The molecule has 0 spiro atoms. The summed E-state index contributed by atoms with van der Waals surface area (Å²) >= 11 is 0. The third-order valence-electron chi connectivity index (χ3n) is 3.87. The average Bonchev–Trinajstić information content (AvgIpc) is 2.98. The van der Waals surface area contributed by atoms with Crippen LogP contribution in [0.3, 0.4) is 0 Å². The molecule has 0 bridgehead atoms. The highest BCUT2D eigenvalue weighted by Crippen LogP contribution is 2.34. The number of rotatable bonds is 4. The maximum Gasteiger partial charge on any atom is 0.222 e. The van der Waals surface area contributed by atoms with Crippen molar-refractivity contribution in [1.29, 1.82) is 0 Å². The lowest BCUT2D eigenvalue weighted by Gasteiger charge is -2.22. The van der Waals surface area contributed by atoms with Gasteiger partial charge in [-0.15, -0.1) is 0 Å². The van der Waals surface area contributed by atoms with Crippen molar-refractivity contribution in [2.45, 2.75) is 39.0 Å². The molecule has 3 nitrogen and oxygen atoms in total. The lowest BCUT2D eigenvalue weighted by Crippen LogP contribution is -2.34. The molecule has 2 fully saturated rings. The molecule has 1 saturated heterocycles. The van der Waals surface area contributed by atoms with Crippen LogP contribution in [0.5, 0.6) is 0 Å². The van der Waals surface area contributed by atoms with E-state index in [1.807, 2.05) is 4.90 Å². The molecule has 1 aliphatic carbocycles. The predicted octanol–water partition coefficient (Wildman–Crippen LogP) is 1.37. The third kappa shape index (κ3) is 2.71. The van der Waals surface area contributed by atoms with Gasteiger partial charge in [-0.2, -0.15) is 0 Å². The van der Waals surface area contributed by atoms with Crippen LogP contribution < -0.4 is 5.73 Å². The summed E-state index contributed by atoms with van der Waals surface area (Å²) in [7, 11) is 0. The summed E-state index contributed by atoms with van der Waals surface area (Å²) in [5.74, 6) is 1.21. The predicted molar refractivity (Wildman–Crippen MR) is 60.3 cm³/mol. The standard InChI is InChI=1S/C12H22N2O/c1-12(8-13)6-7-14(9-12)11(15)5-4-10-2-3-10/h10H,2-9,13H2,1H3. The van der Waals surface area contributed by atoms with Gasteiger partial charge in [0.05, 0.1) is 0 Å². The van der Waals surface area contributed by atoms with E-state index < -0.39 is 0 Å². The fraction of sp³-hybridized carbons (Fsp3) is 0.917. The minimum Gasteiger partial charge on any atom is -0.342 e. The molecule has 1 unspecified atom stereocenters. The van der Waals surface area contributed by atoms with Gasteiger partial charge in [0, 0.05) is 19.5 Å². The summed E-state index contributed by atoms with van der Waals surface area (Å²) < 4.78 is 0. The van der Waals surface area contributed by atoms with Crippen LogP contribution in [0.4, 0.5) is 0 Å². The van der Waals surface area contributed by atoms with Gasteiger partial charge in [0.15, 0.2) is 0 Å². The molecule has 2 N–H and O–H groups in total. The molecule has 1 saturated carbocycles. The highest BCUT2D eigenvalue weighted by molar-refractivity contribution is 5.76. The zero-order chi connectivity index (χ0) is 10.9. The topological polar surface area (TPSA) is 46.3 Å². The van der Waals surface area contributed by atoms with Crippen LogP contribution in [0, 0.1) is 11.3 Å². The number of nitrogens with zero attached hydrogens (tertiary/aromatic N) is 1. The Bertz CT molecular complexity index is 250. The first kappa shape index (κ1) is 10.9. The molecule has 2 aliphatic rings. The van der Waals surface area contributed by atoms with E-state index in [4.69, 9.17) is 5.73 Å². The Morgan fingerprint density at radius 2 is 2.27 bits per heavy atom. The second-order valence-corrected chi connectivity index (χ2v) is 5.56. The van der Waals surface area contributed by atoms with Crippen LogP contribution in [0.15, 0.2) is 0 Å². The van der Waals surface area contributed by atoms with Crippen LogP contribution in [0.1, 0.15) is 39.0 Å². The van der Waals surface area contributed by atoms with Crippen LogP contribution in [-0.4, -0.2) is 30.4 Å². The second-order valence-electron chi connectivity index (χ2n) is 5.56. The molecule has 0 aromatic carbocycles. The lowest BCUT2D eigenvalue weighted by atomic mass is 9.90. The Balaban J connectivity index is 1.76. The molecule has 2 rings (SSSR count). The molecule has 0 aromatic heterocycles. The molecule has 15 heavy (non-hydrogen) atoms. The molecule has 1 amide bonds.